The third-order valence-corrected chi connectivity index (χ3v) is 2.55. The zero-order valence-electron chi connectivity index (χ0n) is 8.87. The second-order valence-corrected chi connectivity index (χ2v) is 3.69. The third kappa shape index (κ3) is 3.27. The van der Waals surface area contributed by atoms with Crippen molar-refractivity contribution >= 4 is 5.91 Å². The molecular weight excluding hydrogens is 180 g/mol. The van der Waals surface area contributed by atoms with Gasteiger partial charge in [0.2, 0.25) is 5.91 Å². The van der Waals surface area contributed by atoms with Crippen LogP contribution in [0.3, 0.4) is 0 Å². The summed E-state index contributed by atoms with van der Waals surface area (Å²) in [7, 11) is 0. The highest BCUT2D eigenvalue weighted by Crippen LogP contribution is 2.16. The lowest BCUT2D eigenvalue weighted by Crippen LogP contribution is -2.30. The van der Waals surface area contributed by atoms with Gasteiger partial charge in [0.15, 0.2) is 0 Å². The Morgan fingerprint density at radius 2 is 2.43 bits per heavy atom. The standard InChI is InChI=1S/C10H20N2O2/c1-2-14-8-9-4-6-12(7-9)10(13)3-5-11/h9H,2-8,11H2,1H3. The van der Waals surface area contributed by atoms with E-state index in [9.17, 15) is 4.79 Å². The molecule has 1 atom stereocenters. The first-order valence-electron chi connectivity index (χ1n) is 5.33. The van der Waals surface area contributed by atoms with Crippen molar-refractivity contribution in [3.8, 4) is 0 Å². The molecule has 1 aliphatic rings. The molecule has 4 nitrogen and oxygen atoms in total. The van der Waals surface area contributed by atoms with Crippen LogP contribution in [0.15, 0.2) is 0 Å². The number of likely N-dealkylation sites (tertiary alicyclic amines) is 1. The van der Waals surface area contributed by atoms with E-state index in [0.717, 1.165) is 32.7 Å². The minimum Gasteiger partial charge on any atom is -0.381 e. The Kier molecular flexibility index (Phi) is 4.90. The smallest absolute Gasteiger partial charge is 0.223 e. The van der Waals surface area contributed by atoms with Crippen LogP contribution < -0.4 is 5.73 Å². The second kappa shape index (κ2) is 5.98. The summed E-state index contributed by atoms with van der Waals surface area (Å²) in [6, 6.07) is 0. The summed E-state index contributed by atoms with van der Waals surface area (Å²) in [5.74, 6) is 0.711. The van der Waals surface area contributed by atoms with Gasteiger partial charge in [-0.25, -0.2) is 0 Å². The number of hydrogen-bond donors (Lipinski definition) is 1. The van der Waals surface area contributed by atoms with Gasteiger partial charge in [0, 0.05) is 38.6 Å². The number of nitrogens with zero attached hydrogens (tertiary/aromatic N) is 1. The zero-order chi connectivity index (χ0) is 10.4. The molecule has 0 saturated carbocycles. The third-order valence-electron chi connectivity index (χ3n) is 2.55. The molecule has 1 rings (SSSR count). The molecular formula is C10H20N2O2. The summed E-state index contributed by atoms with van der Waals surface area (Å²) >= 11 is 0. The summed E-state index contributed by atoms with van der Waals surface area (Å²) in [6.45, 7) is 5.70. The number of carbonyl (C=O) groups is 1. The van der Waals surface area contributed by atoms with Crippen LogP contribution >= 0.6 is 0 Å². The summed E-state index contributed by atoms with van der Waals surface area (Å²) in [5.41, 5.74) is 5.34. The van der Waals surface area contributed by atoms with Crippen molar-refractivity contribution in [2.75, 3.05) is 32.8 Å². The maximum Gasteiger partial charge on any atom is 0.223 e. The van der Waals surface area contributed by atoms with Crippen LogP contribution in [0.25, 0.3) is 0 Å². The molecule has 1 unspecified atom stereocenters. The van der Waals surface area contributed by atoms with Gasteiger partial charge < -0.3 is 15.4 Å². The Bertz CT molecular complexity index is 185. The van der Waals surface area contributed by atoms with Crippen molar-refractivity contribution in [3.63, 3.8) is 0 Å². The first-order chi connectivity index (χ1) is 6.77. The number of amides is 1. The normalized spacial score (nSPS) is 21.6. The van der Waals surface area contributed by atoms with E-state index < -0.39 is 0 Å². The van der Waals surface area contributed by atoms with Gasteiger partial charge >= 0.3 is 0 Å². The molecule has 1 saturated heterocycles. The Labute approximate surface area is 85.4 Å². The monoisotopic (exact) mass is 200 g/mol. The summed E-state index contributed by atoms with van der Waals surface area (Å²) < 4.78 is 5.34. The lowest BCUT2D eigenvalue weighted by atomic mass is 10.1. The van der Waals surface area contributed by atoms with Crippen molar-refractivity contribution < 1.29 is 9.53 Å². The maximum absolute atomic E-state index is 11.5. The number of rotatable bonds is 5. The van der Waals surface area contributed by atoms with Gasteiger partial charge in [-0.3, -0.25) is 4.79 Å². The highest BCUT2D eigenvalue weighted by atomic mass is 16.5. The lowest BCUT2D eigenvalue weighted by molar-refractivity contribution is -0.130. The number of carbonyl (C=O) groups excluding carboxylic acids is 1. The predicted octanol–water partition coefficient (Wildman–Crippen LogP) is 0.220. The van der Waals surface area contributed by atoms with E-state index in [1.165, 1.54) is 0 Å². The Morgan fingerprint density at radius 3 is 3.07 bits per heavy atom. The van der Waals surface area contributed by atoms with E-state index in [-0.39, 0.29) is 5.91 Å². The largest absolute Gasteiger partial charge is 0.381 e. The van der Waals surface area contributed by atoms with Gasteiger partial charge in [-0.05, 0) is 13.3 Å². The van der Waals surface area contributed by atoms with Crippen LogP contribution in [0.2, 0.25) is 0 Å². The average molecular weight is 200 g/mol. The van der Waals surface area contributed by atoms with Gasteiger partial charge in [0.25, 0.3) is 0 Å². The molecule has 1 fully saturated rings. The fourth-order valence-electron chi connectivity index (χ4n) is 1.76. The van der Waals surface area contributed by atoms with Crippen LogP contribution in [-0.4, -0.2) is 43.7 Å². The molecule has 1 amide bonds. The number of hydrogen-bond acceptors (Lipinski definition) is 3. The Morgan fingerprint density at radius 1 is 1.64 bits per heavy atom. The molecule has 1 heterocycles. The molecule has 2 N–H and O–H groups in total. The molecule has 0 bridgehead atoms. The van der Waals surface area contributed by atoms with E-state index in [2.05, 4.69) is 0 Å². The van der Waals surface area contributed by atoms with Crippen LogP contribution in [-0.2, 0) is 9.53 Å². The molecule has 14 heavy (non-hydrogen) atoms. The summed E-state index contributed by atoms with van der Waals surface area (Å²) in [5, 5.41) is 0. The molecule has 0 spiro atoms. The van der Waals surface area contributed by atoms with Crippen molar-refractivity contribution in [1.82, 2.24) is 4.90 Å². The van der Waals surface area contributed by atoms with Crippen molar-refractivity contribution in [1.29, 1.82) is 0 Å². The van der Waals surface area contributed by atoms with Gasteiger partial charge in [-0.15, -0.1) is 0 Å². The van der Waals surface area contributed by atoms with E-state index in [1.807, 2.05) is 11.8 Å². The van der Waals surface area contributed by atoms with E-state index in [1.54, 1.807) is 0 Å². The Balaban J connectivity index is 2.22. The van der Waals surface area contributed by atoms with Crippen LogP contribution in [0, 0.1) is 5.92 Å². The zero-order valence-corrected chi connectivity index (χ0v) is 8.87. The predicted molar refractivity (Wildman–Crippen MR) is 54.9 cm³/mol. The number of ether oxygens (including phenoxy) is 1. The van der Waals surface area contributed by atoms with E-state index in [4.69, 9.17) is 10.5 Å². The Hall–Kier alpha value is -0.610. The van der Waals surface area contributed by atoms with Crippen LogP contribution in [0.5, 0.6) is 0 Å². The molecule has 0 aliphatic carbocycles. The van der Waals surface area contributed by atoms with Gasteiger partial charge in [-0.2, -0.15) is 0 Å². The van der Waals surface area contributed by atoms with Crippen molar-refractivity contribution in [2.45, 2.75) is 19.8 Å². The lowest BCUT2D eigenvalue weighted by Gasteiger charge is -2.15. The average Bonchev–Trinajstić information content (AvgIpc) is 2.63. The quantitative estimate of drug-likeness (QED) is 0.690. The van der Waals surface area contributed by atoms with Gasteiger partial charge in [0.1, 0.15) is 0 Å². The first kappa shape index (κ1) is 11.5. The molecule has 4 heteroatoms. The molecule has 0 aromatic rings. The molecule has 0 radical (unpaired) electrons. The topological polar surface area (TPSA) is 55.6 Å². The van der Waals surface area contributed by atoms with Crippen LogP contribution in [0.1, 0.15) is 19.8 Å². The van der Waals surface area contributed by atoms with E-state index >= 15 is 0 Å². The molecule has 0 aromatic heterocycles. The first-order valence-corrected chi connectivity index (χ1v) is 5.33. The fourth-order valence-corrected chi connectivity index (χ4v) is 1.76. The fraction of sp³-hybridized carbons (Fsp3) is 0.900. The van der Waals surface area contributed by atoms with Crippen molar-refractivity contribution in [3.05, 3.63) is 0 Å². The molecule has 0 aromatic carbocycles. The van der Waals surface area contributed by atoms with Crippen molar-refractivity contribution in [2.24, 2.45) is 11.7 Å². The molecule has 82 valence electrons. The highest BCUT2D eigenvalue weighted by Gasteiger charge is 2.25. The minimum atomic E-state index is 0.187. The summed E-state index contributed by atoms with van der Waals surface area (Å²) in [4.78, 5) is 13.4. The molecule has 1 aliphatic heterocycles. The number of nitrogens with two attached hydrogens (primary N) is 1. The summed E-state index contributed by atoms with van der Waals surface area (Å²) in [6.07, 6.45) is 1.54. The van der Waals surface area contributed by atoms with E-state index in [0.29, 0.717) is 18.9 Å². The van der Waals surface area contributed by atoms with Gasteiger partial charge in [-0.1, -0.05) is 0 Å². The SMILES string of the molecule is CCOCC1CCN(C(=O)CCN)C1. The highest BCUT2D eigenvalue weighted by molar-refractivity contribution is 5.76. The minimum absolute atomic E-state index is 0.187. The second-order valence-electron chi connectivity index (χ2n) is 3.69. The van der Waals surface area contributed by atoms with Gasteiger partial charge in [0.05, 0.1) is 6.61 Å². The van der Waals surface area contributed by atoms with Crippen LogP contribution in [0.4, 0.5) is 0 Å². The maximum atomic E-state index is 11.5.